The molecular weight excluding hydrogens is 455 g/mol. The van der Waals surface area contributed by atoms with Gasteiger partial charge in [0.15, 0.2) is 11.4 Å². The lowest BCUT2D eigenvalue weighted by molar-refractivity contribution is -0.160. The van der Waals surface area contributed by atoms with E-state index in [9.17, 15) is 30.0 Å². The lowest BCUT2D eigenvalue weighted by atomic mass is 9.52. The first kappa shape index (κ1) is 24.0. The number of nitrogens with zero attached hydrogens (tertiary/aromatic N) is 1. The zero-order valence-electron chi connectivity index (χ0n) is 20.1. The highest BCUT2D eigenvalue weighted by Gasteiger charge is 2.66. The number of ketones is 2. The van der Waals surface area contributed by atoms with E-state index in [1.165, 1.54) is 13.0 Å². The summed E-state index contributed by atoms with van der Waals surface area (Å²) in [6.07, 6.45) is 1.60. The first-order valence-electron chi connectivity index (χ1n) is 12.0. The van der Waals surface area contributed by atoms with Crippen molar-refractivity contribution in [3.63, 3.8) is 0 Å². The topological polar surface area (TPSA) is 130 Å². The van der Waals surface area contributed by atoms with Gasteiger partial charge in [0, 0.05) is 46.7 Å². The van der Waals surface area contributed by atoms with Crippen LogP contribution in [0, 0.1) is 17.2 Å². The summed E-state index contributed by atoms with van der Waals surface area (Å²) in [5, 5.41) is 47.7. The summed E-state index contributed by atoms with van der Waals surface area (Å²) < 4.78 is 15.8. The van der Waals surface area contributed by atoms with Crippen LogP contribution in [0.5, 0.6) is 5.75 Å². The van der Waals surface area contributed by atoms with Crippen LogP contribution >= 0.6 is 0 Å². The Bertz CT molecular complexity index is 1210. The van der Waals surface area contributed by atoms with Crippen LogP contribution in [-0.2, 0) is 11.2 Å². The molecule has 0 aromatic heterocycles. The van der Waals surface area contributed by atoms with Gasteiger partial charge in [-0.3, -0.25) is 9.59 Å². The molecule has 1 aromatic carbocycles. The van der Waals surface area contributed by atoms with E-state index >= 15 is 4.39 Å². The fourth-order valence-corrected chi connectivity index (χ4v) is 6.82. The van der Waals surface area contributed by atoms with E-state index in [4.69, 9.17) is 0 Å². The second-order valence-corrected chi connectivity index (χ2v) is 10.8. The van der Waals surface area contributed by atoms with E-state index in [-0.39, 0.29) is 65.6 Å². The molecule has 8 nitrogen and oxygen atoms in total. The number of carbonyl (C=O) groups is 2. The third-order valence-electron chi connectivity index (χ3n) is 8.36. The number of halogens is 1. The number of hydrogen-bond donors (Lipinski definition) is 5. The van der Waals surface area contributed by atoms with Gasteiger partial charge >= 0.3 is 0 Å². The van der Waals surface area contributed by atoms with Gasteiger partial charge in [0.2, 0.25) is 5.78 Å². The van der Waals surface area contributed by atoms with Crippen molar-refractivity contribution < 1.29 is 34.4 Å². The van der Waals surface area contributed by atoms with Gasteiger partial charge in [-0.2, -0.15) is 0 Å². The number of benzene rings is 1. The lowest BCUT2D eigenvalue weighted by Gasteiger charge is -2.54. The molecule has 0 amide bonds. The average molecular weight is 487 g/mol. The third-order valence-corrected chi connectivity index (χ3v) is 8.36. The second kappa shape index (κ2) is 7.88. The lowest BCUT2D eigenvalue weighted by Crippen LogP contribution is -2.65. The number of allylic oxidation sites excluding steroid dienone is 2. The molecular formula is C26H31FN2O6. The number of carbonyl (C=O) groups excluding carboxylic acids is 2. The number of Topliss-reactive ketones (excluding diaryl/α,β-unsaturated/α-hetero) is 2. The first-order valence-corrected chi connectivity index (χ1v) is 12.0. The molecule has 0 spiro atoms. The molecule has 3 aliphatic carbocycles. The number of nitrogens with one attached hydrogen (secondary N) is 1. The molecule has 4 aliphatic rings. The van der Waals surface area contributed by atoms with Gasteiger partial charge in [0.05, 0.1) is 11.3 Å². The Morgan fingerprint density at radius 1 is 1.23 bits per heavy atom. The van der Waals surface area contributed by atoms with E-state index in [2.05, 4.69) is 5.32 Å². The molecule has 1 heterocycles. The highest BCUT2D eigenvalue weighted by molar-refractivity contribution is 6.15. The van der Waals surface area contributed by atoms with Crippen molar-refractivity contribution in [1.29, 1.82) is 0 Å². The molecule has 0 bridgehead atoms. The van der Waals surface area contributed by atoms with Crippen molar-refractivity contribution in [3.05, 3.63) is 51.2 Å². The van der Waals surface area contributed by atoms with Crippen LogP contribution in [-0.4, -0.2) is 69.7 Å². The van der Waals surface area contributed by atoms with E-state index in [0.717, 1.165) is 13.0 Å². The molecule has 1 aromatic rings. The SMILES string of the molecule is CC1=C(O)C[C@]2(CN(C)C)CC3Cc4c(F)c(C5CCCN5)cc(O)c4C(=O)C3=C(O)[C@]2(O)C1=O. The van der Waals surface area contributed by atoms with Gasteiger partial charge in [0.1, 0.15) is 17.3 Å². The van der Waals surface area contributed by atoms with Crippen molar-refractivity contribution in [1.82, 2.24) is 10.2 Å². The number of phenols is 1. The van der Waals surface area contributed by atoms with E-state index in [1.54, 1.807) is 19.0 Å². The maximum absolute atomic E-state index is 15.8. The molecule has 0 radical (unpaired) electrons. The minimum atomic E-state index is -2.42. The minimum absolute atomic E-state index is 0.0172. The molecule has 5 rings (SSSR count). The van der Waals surface area contributed by atoms with Crippen molar-refractivity contribution in [2.45, 2.75) is 50.7 Å². The monoisotopic (exact) mass is 486 g/mol. The Hall–Kier alpha value is -2.75. The number of aliphatic hydroxyl groups excluding tert-OH is 2. The molecule has 35 heavy (non-hydrogen) atoms. The second-order valence-electron chi connectivity index (χ2n) is 10.8. The third kappa shape index (κ3) is 3.14. The number of aromatic hydroxyl groups is 1. The molecule has 188 valence electrons. The quantitative estimate of drug-likeness (QED) is 0.441. The summed E-state index contributed by atoms with van der Waals surface area (Å²) in [6.45, 7) is 2.25. The molecule has 2 unspecified atom stereocenters. The van der Waals surface area contributed by atoms with Crippen molar-refractivity contribution in [3.8, 4) is 5.75 Å². The fourth-order valence-electron chi connectivity index (χ4n) is 6.82. The normalized spacial score (nSPS) is 32.7. The maximum Gasteiger partial charge on any atom is 0.201 e. The van der Waals surface area contributed by atoms with Gasteiger partial charge in [-0.1, -0.05) is 0 Å². The van der Waals surface area contributed by atoms with Crippen molar-refractivity contribution >= 4 is 11.6 Å². The molecule has 4 atom stereocenters. The largest absolute Gasteiger partial charge is 0.512 e. The molecule has 0 saturated carbocycles. The summed E-state index contributed by atoms with van der Waals surface area (Å²) in [6, 6.07) is 1.00. The zero-order valence-corrected chi connectivity index (χ0v) is 20.1. The van der Waals surface area contributed by atoms with Gasteiger partial charge in [0.25, 0.3) is 0 Å². The van der Waals surface area contributed by atoms with Crippen LogP contribution in [0.4, 0.5) is 4.39 Å². The van der Waals surface area contributed by atoms with Gasteiger partial charge in [-0.15, -0.1) is 0 Å². The number of fused-ring (bicyclic) bond motifs is 3. The predicted octanol–water partition coefficient (Wildman–Crippen LogP) is 2.61. The minimum Gasteiger partial charge on any atom is -0.512 e. The Labute approximate surface area is 202 Å². The summed E-state index contributed by atoms with van der Waals surface area (Å²) in [5.74, 6) is -4.20. The van der Waals surface area contributed by atoms with E-state index < -0.39 is 40.1 Å². The van der Waals surface area contributed by atoms with Crippen molar-refractivity contribution in [2.75, 3.05) is 27.2 Å². The highest BCUT2D eigenvalue weighted by atomic mass is 19.1. The summed E-state index contributed by atoms with van der Waals surface area (Å²) in [4.78, 5) is 28.7. The summed E-state index contributed by atoms with van der Waals surface area (Å²) in [5.41, 5.74) is -3.82. The average Bonchev–Trinajstić information content (AvgIpc) is 3.31. The van der Waals surface area contributed by atoms with Crippen LogP contribution in [0.2, 0.25) is 0 Å². The van der Waals surface area contributed by atoms with Gasteiger partial charge < -0.3 is 30.6 Å². The van der Waals surface area contributed by atoms with E-state index in [1.807, 2.05) is 0 Å². The Morgan fingerprint density at radius 3 is 2.57 bits per heavy atom. The Morgan fingerprint density at radius 2 is 1.94 bits per heavy atom. The molecule has 1 fully saturated rings. The number of phenolic OH excluding ortho intramolecular Hbond substituents is 1. The van der Waals surface area contributed by atoms with Gasteiger partial charge in [-0.05, 0) is 65.2 Å². The standard InChI is InChI=1S/C26H31FN2O6/c1-12-18(31)10-25(11-29(2)3)9-13-7-15-20(22(32)19(13)24(34)26(25,35)23(12)33)17(30)8-14(21(15)27)16-5-4-6-28-16/h8,13,16,28,30-31,34-35H,4-7,9-11H2,1-3H3/t13?,16?,25-,26+/m0/s1. The molecule has 9 heteroatoms. The van der Waals surface area contributed by atoms with Gasteiger partial charge in [-0.25, -0.2) is 4.39 Å². The smallest absolute Gasteiger partial charge is 0.201 e. The Kier molecular flexibility index (Phi) is 5.39. The van der Waals surface area contributed by atoms with Crippen molar-refractivity contribution in [2.24, 2.45) is 11.3 Å². The number of rotatable bonds is 3. The summed E-state index contributed by atoms with van der Waals surface area (Å²) in [7, 11) is 3.50. The fraction of sp³-hybridized carbons (Fsp3) is 0.538. The predicted molar refractivity (Wildman–Crippen MR) is 125 cm³/mol. The van der Waals surface area contributed by atoms with Crippen LogP contribution < -0.4 is 5.32 Å². The zero-order chi connectivity index (χ0) is 25.4. The number of aliphatic hydroxyl groups is 3. The van der Waals surface area contributed by atoms with Crippen LogP contribution in [0.1, 0.15) is 60.1 Å². The molecule has 1 saturated heterocycles. The maximum atomic E-state index is 15.8. The molecule has 5 N–H and O–H groups in total. The van der Waals surface area contributed by atoms with E-state index in [0.29, 0.717) is 12.0 Å². The number of hydrogen-bond acceptors (Lipinski definition) is 8. The van der Waals surface area contributed by atoms with Crippen LogP contribution in [0.15, 0.2) is 28.7 Å². The van der Waals surface area contributed by atoms with Crippen LogP contribution in [0.3, 0.4) is 0 Å². The summed E-state index contributed by atoms with van der Waals surface area (Å²) >= 11 is 0. The first-order chi connectivity index (χ1) is 16.4. The Balaban J connectivity index is 1.71. The highest BCUT2D eigenvalue weighted by Crippen LogP contribution is 2.58. The van der Waals surface area contributed by atoms with Crippen LogP contribution in [0.25, 0.3) is 0 Å². The molecule has 1 aliphatic heterocycles.